The first-order chi connectivity index (χ1) is 9.24. The molecular weight excluding hydrogens is 240 g/mol. The van der Waals surface area contributed by atoms with Crippen molar-refractivity contribution in [3.05, 3.63) is 29.8 Å². The first-order valence-electron chi connectivity index (χ1n) is 6.83. The van der Waals surface area contributed by atoms with E-state index in [9.17, 15) is 4.79 Å². The van der Waals surface area contributed by atoms with Crippen molar-refractivity contribution in [2.75, 3.05) is 27.2 Å². The maximum absolute atomic E-state index is 12.1. The zero-order valence-electron chi connectivity index (χ0n) is 11.7. The number of amides is 1. The van der Waals surface area contributed by atoms with E-state index < -0.39 is 0 Å². The smallest absolute Gasteiger partial charge is 0.239 e. The summed E-state index contributed by atoms with van der Waals surface area (Å²) in [5.41, 5.74) is 1.21. The van der Waals surface area contributed by atoms with Crippen molar-refractivity contribution in [2.24, 2.45) is 0 Å². The molecule has 0 aliphatic carbocycles. The van der Waals surface area contributed by atoms with Crippen LogP contribution in [0.2, 0.25) is 0 Å². The Morgan fingerprint density at radius 2 is 2.32 bits per heavy atom. The number of likely N-dealkylation sites (tertiary alicyclic amines) is 1. The SMILES string of the molecule is CNC1CCCN(CCc2cccc(OC)c2)C1=O. The maximum Gasteiger partial charge on any atom is 0.239 e. The van der Waals surface area contributed by atoms with Gasteiger partial charge in [0, 0.05) is 13.1 Å². The summed E-state index contributed by atoms with van der Waals surface area (Å²) < 4.78 is 5.21. The molecule has 0 aromatic heterocycles. The van der Waals surface area contributed by atoms with Gasteiger partial charge in [0.15, 0.2) is 0 Å². The summed E-state index contributed by atoms with van der Waals surface area (Å²) in [5.74, 6) is 1.10. The molecule has 0 saturated carbocycles. The average Bonchev–Trinajstić information content (AvgIpc) is 2.46. The molecular formula is C15H22N2O2. The molecule has 1 heterocycles. The fraction of sp³-hybridized carbons (Fsp3) is 0.533. The molecule has 1 N–H and O–H groups in total. The molecule has 19 heavy (non-hydrogen) atoms. The summed E-state index contributed by atoms with van der Waals surface area (Å²) in [6.07, 6.45) is 2.90. The van der Waals surface area contributed by atoms with Crippen LogP contribution in [0.15, 0.2) is 24.3 Å². The van der Waals surface area contributed by atoms with Gasteiger partial charge in [-0.3, -0.25) is 4.79 Å². The molecule has 1 aliphatic heterocycles. The van der Waals surface area contributed by atoms with E-state index >= 15 is 0 Å². The third kappa shape index (κ3) is 3.47. The number of hydrogen-bond acceptors (Lipinski definition) is 3. The summed E-state index contributed by atoms with van der Waals surface area (Å²) >= 11 is 0. The molecule has 0 radical (unpaired) electrons. The minimum absolute atomic E-state index is 0.000871. The molecule has 0 spiro atoms. The standard InChI is InChI=1S/C15H22N2O2/c1-16-14-7-4-9-17(15(14)18)10-8-12-5-3-6-13(11-12)19-2/h3,5-6,11,14,16H,4,7-10H2,1-2H3. The van der Waals surface area contributed by atoms with Gasteiger partial charge in [0.25, 0.3) is 0 Å². The van der Waals surface area contributed by atoms with E-state index in [4.69, 9.17) is 4.74 Å². The van der Waals surface area contributed by atoms with Crippen molar-refractivity contribution < 1.29 is 9.53 Å². The van der Waals surface area contributed by atoms with Gasteiger partial charge in [-0.1, -0.05) is 12.1 Å². The van der Waals surface area contributed by atoms with Crippen molar-refractivity contribution in [1.82, 2.24) is 10.2 Å². The van der Waals surface area contributed by atoms with Crippen LogP contribution < -0.4 is 10.1 Å². The van der Waals surface area contributed by atoms with Crippen LogP contribution in [0.3, 0.4) is 0 Å². The summed E-state index contributed by atoms with van der Waals surface area (Å²) in [4.78, 5) is 14.1. The van der Waals surface area contributed by atoms with Crippen molar-refractivity contribution in [2.45, 2.75) is 25.3 Å². The first kappa shape index (κ1) is 13.9. The second-order valence-corrected chi connectivity index (χ2v) is 4.91. The molecule has 1 aromatic rings. The number of carbonyl (C=O) groups is 1. The molecule has 4 heteroatoms. The van der Waals surface area contributed by atoms with Gasteiger partial charge in [-0.05, 0) is 44.0 Å². The molecule has 1 aliphatic rings. The van der Waals surface area contributed by atoms with Crippen LogP contribution in [-0.2, 0) is 11.2 Å². The van der Waals surface area contributed by atoms with Gasteiger partial charge in [0.2, 0.25) is 5.91 Å². The number of methoxy groups -OCH3 is 1. The fourth-order valence-corrected chi connectivity index (χ4v) is 2.52. The van der Waals surface area contributed by atoms with E-state index in [2.05, 4.69) is 11.4 Å². The molecule has 4 nitrogen and oxygen atoms in total. The second-order valence-electron chi connectivity index (χ2n) is 4.91. The monoisotopic (exact) mass is 262 g/mol. The number of piperidine rings is 1. The van der Waals surface area contributed by atoms with E-state index in [-0.39, 0.29) is 11.9 Å². The number of nitrogens with one attached hydrogen (secondary N) is 1. The molecule has 1 unspecified atom stereocenters. The zero-order valence-corrected chi connectivity index (χ0v) is 11.7. The van der Waals surface area contributed by atoms with Crippen molar-refractivity contribution in [1.29, 1.82) is 0 Å². The Bertz CT molecular complexity index is 434. The maximum atomic E-state index is 12.1. The van der Waals surface area contributed by atoms with Gasteiger partial charge in [0.05, 0.1) is 13.2 Å². The predicted molar refractivity (Wildman–Crippen MR) is 75.4 cm³/mol. The van der Waals surface area contributed by atoms with Gasteiger partial charge in [0.1, 0.15) is 5.75 Å². The quantitative estimate of drug-likeness (QED) is 0.873. The molecule has 0 bridgehead atoms. The van der Waals surface area contributed by atoms with Gasteiger partial charge in [-0.2, -0.15) is 0 Å². The van der Waals surface area contributed by atoms with Crippen LogP contribution in [0.1, 0.15) is 18.4 Å². The Balaban J connectivity index is 1.92. The molecule has 1 aromatic carbocycles. The molecule has 1 amide bonds. The average molecular weight is 262 g/mol. The lowest BCUT2D eigenvalue weighted by atomic mass is 10.0. The number of nitrogens with zero attached hydrogens (tertiary/aromatic N) is 1. The molecule has 104 valence electrons. The number of hydrogen-bond donors (Lipinski definition) is 1. The predicted octanol–water partition coefficient (Wildman–Crippen LogP) is 1.45. The largest absolute Gasteiger partial charge is 0.497 e. The van der Waals surface area contributed by atoms with Gasteiger partial charge in [-0.25, -0.2) is 0 Å². The van der Waals surface area contributed by atoms with Crippen LogP contribution in [0.5, 0.6) is 5.75 Å². The lowest BCUT2D eigenvalue weighted by Gasteiger charge is -2.32. The number of likely N-dealkylation sites (N-methyl/N-ethyl adjacent to an activating group) is 1. The summed E-state index contributed by atoms with van der Waals surface area (Å²) in [5, 5.41) is 3.09. The van der Waals surface area contributed by atoms with E-state index in [1.165, 1.54) is 5.56 Å². The molecule has 1 saturated heterocycles. The Hall–Kier alpha value is -1.55. The highest BCUT2D eigenvalue weighted by Crippen LogP contribution is 2.15. The minimum atomic E-state index is -0.000871. The molecule has 1 fully saturated rings. The Morgan fingerprint density at radius 3 is 3.05 bits per heavy atom. The van der Waals surface area contributed by atoms with E-state index in [1.807, 2.05) is 30.1 Å². The summed E-state index contributed by atoms with van der Waals surface area (Å²) in [7, 11) is 3.53. The molecule has 1 atom stereocenters. The van der Waals surface area contributed by atoms with Crippen LogP contribution in [0.4, 0.5) is 0 Å². The van der Waals surface area contributed by atoms with Crippen LogP contribution in [-0.4, -0.2) is 44.1 Å². The first-order valence-corrected chi connectivity index (χ1v) is 6.83. The Morgan fingerprint density at radius 1 is 1.47 bits per heavy atom. The third-order valence-corrected chi connectivity index (χ3v) is 3.68. The van der Waals surface area contributed by atoms with E-state index in [0.29, 0.717) is 0 Å². The Kier molecular flexibility index (Phi) is 4.80. The molecule has 2 rings (SSSR count). The number of ether oxygens (including phenoxy) is 1. The topological polar surface area (TPSA) is 41.6 Å². The lowest BCUT2D eigenvalue weighted by molar-refractivity contribution is -0.135. The lowest BCUT2D eigenvalue weighted by Crippen LogP contribution is -2.50. The second kappa shape index (κ2) is 6.57. The number of benzene rings is 1. The van der Waals surface area contributed by atoms with Gasteiger partial charge < -0.3 is 15.0 Å². The van der Waals surface area contributed by atoms with Crippen molar-refractivity contribution >= 4 is 5.91 Å². The zero-order chi connectivity index (χ0) is 13.7. The highest BCUT2D eigenvalue weighted by Gasteiger charge is 2.26. The van der Waals surface area contributed by atoms with Crippen LogP contribution in [0, 0.1) is 0 Å². The third-order valence-electron chi connectivity index (χ3n) is 3.68. The van der Waals surface area contributed by atoms with Crippen molar-refractivity contribution in [3.8, 4) is 5.75 Å². The Labute approximate surface area is 114 Å². The number of carbonyl (C=O) groups excluding carboxylic acids is 1. The van der Waals surface area contributed by atoms with Gasteiger partial charge >= 0.3 is 0 Å². The number of rotatable bonds is 5. The van der Waals surface area contributed by atoms with E-state index in [0.717, 1.165) is 38.1 Å². The van der Waals surface area contributed by atoms with Crippen LogP contribution in [0.25, 0.3) is 0 Å². The fourth-order valence-electron chi connectivity index (χ4n) is 2.52. The van der Waals surface area contributed by atoms with Crippen LogP contribution >= 0.6 is 0 Å². The normalized spacial score (nSPS) is 19.6. The van der Waals surface area contributed by atoms with Crippen molar-refractivity contribution in [3.63, 3.8) is 0 Å². The summed E-state index contributed by atoms with van der Waals surface area (Å²) in [6.45, 7) is 1.66. The summed E-state index contributed by atoms with van der Waals surface area (Å²) in [6, 6.07) is 8.03. The van der Waals surface area contributed by atoms with E-state index in [1.54, 1.807) is 7.11 Å². The minimum Gasteiger partial charge on any atom is -0.497 e. The van der Waals surface area contributed by atoms with Gasteiger partial charge in [-0.15, -0.1) is 0 Å². The highest BCUT2D eigenvalue weighted by atomic mass is 16.5. The highest BCUT2D eigenvalue weighted by molar-refractivity contribution is 5.82.